The highest BCUT2D eigenvalue weighted by atomic mass is 19.2. The number of unbranched alkanes of at least 4 members (excludes halogenated alkanes) is 3. The van der Waals surface area contributed by atoms with Gasteiger partial charge in [-0.15, -0.1) is 0 Å². The standard InChI is InChI=1S/C26H33F3O2/c1-3-5-7-8-18-9-13-22(26(29)25(18)28)21-12-10-19(16-23(21)27)20-11-14-24(31-17-20)30-15-6-4-2/h9-10,12-13,16,20,24H,3-8,11,14-15,17H2,1-2H3. The van der Waals surface area contributed by atoms with Gasteiger partial charge >= 0.3 is 0 Å². The number of rotatable bonds is 10. The summed E-state index contributed by atoms with van der Waals surface area (Å²) in [5, 5.41) is 0. The van der Waals surface area contributed by atoms with E-state index in [1.165, 1.54) is 12.1 Å². The molecule has 0 aliphatic carbocycles. The monoisotopic (exact) mass is 434 g/mol. The predicted molar refractivity (Wildman–Crippen MR) is 118 cm³/mol. The van der Waals surface area contributed by atoms with Crippen LogP contribution in [0.4, 0.5) is 13.2 Å². The van der Waals surface area contributed by atoms with Crippen LogP contribution in [-0.4, -0.2) is 19.5 Å². The lowest BCUT2D eigenvalue weighted by Gasteiger charge is -2.29. The summed E-state index contributed by atoms with van der Waals surface area (Å²) in [7, 11) is 0. The Morgan fingerprint density at radius 1 is 0.903 bits per heavy atom. The summed E-state index contributed by atoms with van der Waals surface area (Å²) in [6, 6.07) is 7.82. The van der Waals surface area contributed by atoms with Gasteiger partial charge in [0.15, 0.2) is 17.9 Å². The summed E-state index contributed by atoms with van der Waals surface area (Å²) in [4.78, 5) is 0. The Morgan fingerprint density at radius 3 is 2.35 bits per heavy atom. The van der Waals surface area contributed by atoms with Crippen LogP contribution in [0.3, 0.4) is 0 Å². The van der Waals surface area contributed by atoms with Crippen molar-refractivity contribution in [3.63, 3.8) is 0 Å². The Hall–Kier alpha value is -1.85. The molecule has 1 heterocycles. The van der Waals surface area contributed by atoms with Crippen molar-refractivity contribution < 1.29 is 22.6 Å². The van der Waals surface area contributed by atoms with Crippen LogP contribution in [0.1, 0.15) is 75.8 Å². The Labute approximate surface area is 183 Å². The number of halogens is 3. The molecular weight excluding hydrogens is 401 g/mol. The molecule has 0 bridgehead atoms. The largest absolute Gasteiger partial charge is 0.353 e. The third-order valence-corrected chi connectivity index (χ3v) is 6.00. The molecule has 2 aromatic rings. The molecule has 2 aromatic carbocycles. The van der Waals surface area contributed by atoms with Gasteiger partial charge in [0.25, 0.3) is 0 Å². The van der Waals surface area contributed by atoms with E-state index < -0.39 is 17.5 Å². The Kier molecular flexibility index (Phi) is 8.97. The first kappa shape index (κ1) is 23.8. The van der Waals surface area contributed by atoms with Crippen LogP contribution in [0.5, 0.6) is 0 Å². The van der Waals surface area contributed by atoms with Gasteiger partial charge in [-0.25, -0.2) is 13.2 Å². The minimum absolute atomic E-state index is 0.0370. The van der Waals surface area contributed by atoms with Crippen molar-refractivity contribution in [3.8, 4) is 11.1 Å². The highest BCUT2D eigenvalue weighted by Gasteiger charge is 2.25. The summed E-state index contributed by atoms with van der Waals surface area (Å²) >= 11 is 0. The van der Waals surface area contributed by atoms with E-state index in [0.29, 0.717) is 25.2 Å². The average Bonchev–Trinajstić information content (AvgIpc) is 2.78. The van der Waals surface area contributed by atoms with Crippen molar-refractivity contribution >= 4 is 0 Å². The van der Waals surface area contributed by atoms with E-state index in [0.717, 1.165) is 50.5 Å². The fraction of sp³-hybridized carbons (Fsp3) is 0.538. The maximum Gasteiger partial charge on any atom is 0.167 e. The minimum Gasteiger partial charge on any atom is -0.353 e. The molecule has 1 fully saturated rings. The number of benzene rings is 2. The second-order valence-corrected chi connectivity index (χ2v) is 8.36. The molecule has 0 N–H and O–H groups in total. The van der Waals surface area contributed by atoms with E-state index in [1.807, 2.05) is 0 Å². The molecule has 2 nitrogen and oxygen atoms in total. The summed E-state index contributed by atoms with van der Waals surface area (Å²) in [5.41, 5.74) is 1.20. The van der Waals surface area contributed by atoms with Crippen LogP contribution in [0, 0.1) is 17.5 Å². The maximum absolute atomic E-state index is 14.9. The van der Waals surface area contributed by atoms with E-state index >= 15 is 0 Å². The zero-order chi connectivity index (χ0) is 22.2. The highest BCUT2D eigenvalue weighted by Crippen LogP contribution is 2.34. The van der Waals surface area contributed by atoms with Gasteiger partial charge in [-0.05, 0) is 49.3 Å². The smallest absolute Gasteiger partial charge is 0.167 e. The molecule has 1 saturated heterocycles. The summed E-state index contributed by atoms with van der Waals surface area (Å²) in [5.74, 6) is -2.33. The number of hydrogen-bond donors (Lipinski definition) is 0. The molecule has 170 valence electrons. The zero-order valence-corrected chi connectivity index (χ0v) is 18.6. The zero-order valence-electron chi connectivity index (χ0n) is 18.6. The molecule has 1 aliphatic heterocycles. The highest BCUT2D eigenvalue weighted by molar-refractivity contribution is 5.66. The van der Waals surface area contributed by atoms with E-state index in [-0.39, 0.29) is 23.3 Å². The maximum atomic E-state index is 14.9. The molecule has 0 amide bonds. The summed E-state index contributed by atoms with van der Waals surface area (Å²) in [6.45, 7) is 5.33. The fourth-order valence-corrected chi connectivity index (χ4v) is 4.04. The van der Waals surface area contributed by atoms with Crippen molar-refractivity contribution in [2.24, 2.45) is 0 Å². The van der Waals surface area contributed by atoms with Gasteiger partial charge in [-0.3, -0.25) is 0 Å². The second-order valence-electron chi connectivity index (χ2n) is 8.36. The molecule has 1 aliphatic rings. The Balaban J connectivity index is 1.68. The van der Waals surface area contributed by atoms with E-state index in [4.69, 9.17) is 9.47 Å². The molecule has 0 radical (unpaired) electrons. The number of ether oxygens (including phenoxy) is 2. The van der Waals surface area contributed by atoms with Crippen LogP contribution >= 0.6 is 0 Å². The lowest BCUT2D eigenvalue weighted by molar-refractivity contribution is -0.167. The van der Waals surface area contributed by atoms with Crippen molar-refractivity contribution in [2.75, 3.05) is 13.2 Å². The first-order valence-electron chi connectivity index (χ1n) is 11.5. The van der Waals surface area contributed by atoms with E-state index in [1.54, 1.807) is 18.2 Å². The molecular formula is C26H33F3O2. The fourth-order valence-electron chi connectivity index (χ4n) is 4.04. The van der Waals surface area contributed by atoms with Crippen LogP contribution in [0.15, 0.2) is 30.3 Å². The van der Waals surface area contributed by atoms with Gasteiger partial charge < -0.3 is 9.47 Å². The first-order chi connectivity index (χ1) is 15.0. The second kappa shape index (κ2) is 11.7. The first-order valence-corrected chi connectivity index (χ1v) is 11.5. The van der Waals surface area contributed by atoms with E-state index in [2.05, 4.69) is 13.8 Å². The Morgan fingerprint density at radius 2 is 1.68 bits per heavy atom. The van der Waals surface area contributed by atoms with Gasteiger partial charge in [0, 0.05) is 23.7 Å². The van der Waals surface area contributed by atoms with Gasteiger partial charge in [-0.1, -0.05) is 57.4 Å². The topological polar surface area (TPSA) is 18.5 Å². The molecule has 0 aromatic heterocycles. The van der Waals surface area contributed by atoms with Crippen LogP contribution < -0.4 is 0 Å². The molecule has 2 unspecified atom stereocenters. The molecule has 0 spiro atoms. The van der Waals surface area contributed by atoms with Crippen LogP contribution in [0.25, 0.3) is 11.1 Å². The molecule has 2 atom stereocenters. The third kappa shape index (κ3) is 6.11. The summed E-state index contributed by atoms with van der Waals surface area (Å²) < 4.78 is 55.5. The molecule has 5 heteroatoms. The lowest BCUT2D eigenvalue weighted by Crippen LogP contribution is -2.27. The SMILES string of the molecule is CCCCCc1ccc(-c2ccc(C3CCC(OCCCC)OC3)cc2F)c(F)c1F. The van der Waals surface area contributed by atoms with Crippen molar-refractivity contribution in [1.29, 1.82) is 0 Å². The van der Waals surface area contributed by atoms with Crippen molar-refractivity contribution in [2.45, 2.75) is 77.4 Å². The number of aryl methyl sites for hydroxylation is 1. The lowest BCUT2D eigenvalue weighted by atomic mass is 9.91. The van der Waals surface area contributed by atoms with Crippen molar-refractivity contribution in [1.82, 2.24) is 0 Å². The van der Waals surface area contributed by atoms with Crippen LogP contribution in [0.2, 0.25) is 0 Å². The quantitative estimate of drug-likeness (QED) is 0.360. The summed E-state index contributed by atoms with van der Waals surface area (Å²) in [6.07, 6.45) is 6.77. The van der Waals surface area contributed by atoms with Gasteiger partial charge in [0.1, 0.15) is 5.82 Å². The predicted octanol–water partition coefficient (Wildman–Crippen LogP) is 7.54. The molecule has 3 rings (SSSR count). The minimum atomic E-state index is -0.978. The molecule has 31 heavy (non-hydrogen) atoms. The average molecular weight is 435 g/mol. The Bertz CT molecular complexity index is 845. The van der Waals surface area contributed by atoms with E-state index in [9.17, 15) is 13.2 Å². The number of hydrogen-bond acceptors (Lipinski definition) is 2. The van der Waals surface area contributed by atoms with Crippen LogP contribution in [-0.2, 0) is 15.9 Å². The van der Waals surface area contributed by atoms with Crippen molar-refractivity contribution in [3.05, 3.63) is 58.9 Å². The van der Waals surface area contributed by atoms with Gasteiger partial charge in [-0.2, -0.15) is 0 Å². The molecule has 0 saturated carbocycles. The normalized spacial score (nSPS) is 19.0. The van der Waals surface area contributed by atoms with Gasteiger partial charge in [0.2, 0.25) is 0 Å². The third-order valence-electron chi connectivity index (χ3n) is 6.00. The van der Waals surface area contributed by atoms with Gasteiger partial charge in [0.05, 0.1) is 6.61 Å².